The number of carbonyl (C=O) groups is 2. The summed E-state index contributed by atoms with van der Waals surface area (Å²) in [6.07, 6.45) is 0. The fourth-order valence-corrected chi connectivity index (χ4v) is 4.22. The number of carbonyl (C=O) groups excluding carboxylic acids is 2. The average Bonchev–Trinajstić information content (AvgIpc) is 2.85. The first kappa shape index (κ1) is 22.6. The molecule has 1 aliphatic heterocycles. The van der Waals surface area contributed by atoms with Gasteiger partial charge in [-0.25, -0.2) is 0 Å². The number of anilines is 2. The van der Waals surface area contributed by atoms with Gasteiger partial charge in [0.1, 0.15) is 11.8 Å². The van der Waals surface area contributed by atoms with Crippen LogP contribution in [0.5, 0.6) is 5.75 Å². The Balaban J connectivity index is 1.50. The molecule has 6 heteroatoms. The van der Waals surface area contributed by atoms with E-state index in [0.29, 0.717) is 11.3 Å². The van der Waals surface area contributed by atoms with Crippen LogP contribution in [-0.2, 0) is 4.79 Å². The van der Waals surface area contributed by atoms with Gasteiger partial charge < -0.3 is 15.0 Å². The van der Waals surface area contributed by atoms with Crippen LogP contribution >= 0.6 is 0 Å². The van der Waals surface area contributed by atoms with Crippen LogP contribution in [0.1, 0.15) is 28.9 Å². The molecular weight excluding hydrogens is 414 g/mol. The lowest BCUT2D eigenvalue weighted by atomic mass is 10.0. The Morgan fingerprint density at radius 1 is 0.879 bits per heavy atom. The first-order valence-corrected chi connectivity index (χ1v) is 11.1. The van der Waals surface area contributed by atoms with Crippen LogP contribution in [0.4, 0.5) is 11.4 Å². The molecule has 1 N–H and O–H groups in total. The number of rotatable bonds is 7. The maximum Gasteiger partial charge on any atom is 0.246 e. The first-order chi connectivity index (χ1) is 16.0. The van der Waals surface area contributed by atoms with Crippen molar-refractivity contribution in [3.63, 3.8) is 0 Å². The number of hydrogen-bond donors (Lipinski definition) is 1. The average molecular weight is 444 g/mol. The Kier molecular flexibility index (Phi) is 7.05. The van der Waals surface area contributed by atoms with Crippen LogP contribution in [0, 0.1) is 0 Å². The number of methoxy groups -OCH3 is 1. The third-order valence-corrected chi connectivity index (χ3v) is 6.02. The molecule has 33 heavy (non-hydrogen) atoms. The Labute approximate surface area is 194 Å². The molecule has 1 amide bonds. The van der Waals surface area contributed by atoms with Crippen molar-refractivity contribution in [2.24, 2.45) is 0 Å². The molecule has 1 heterocycles. The van der Waals surface area contributed by atoms with Crippen LogP contribution < -0.4 is 15.0 Å². The normalized spacial score (nSPS) is 15.0. The topological polar surface area (TPSA) is 61.9 Å². The van der Waals surface area contributed by atoms with Crippen molar-refractivity contribution in [2.75, 3.05) is 43.5 Å². The smallest absolute Gasteiger partial charge is 0.246 e. The van der Waals surface area contributed by atoms with Crippen molar-refractivity contribution in [3.8, 4) is 5.75 Å². The third kappa shape index (κ3) is 5.41. The lowest BCUT2D eigenvalue weighted by Crippen LogP contribution is -2.50. The predicted molar refractivity (Wildman–Crippen MR) is 131 cm³/mol. The van der Waals surface area contributed by atoms with Crippen molar-refractivity contribution in [3.05, 3.63) is 90.0 Å². The summed E-state index contributed by atoms with van der Waals surface area (Å²) in [5, 5.41) is 3.03. The van der Waals surface area contributed by atoms with E-state index in [2.05, 4.69) is 27.2 Å². The second-order valence-electron chi connectivity index (χ2n) is 8.16. The highest BCUT2D eigenvalue weighted by atomic mass is 16.5. The molecule has 3 aromatic carbocycles. The van der Waals surface area contributed by atoms with Gasteiger partial charge in [0.25, 0.3) is 0 Å². The highest BCUT2D eigenvalue weighted by Gasteiger charge is 2.30. The summed E-state index contributed by atoms with van der Waals surface area (Å²) in [6.45, 7) is 4.68. The number of ketones is 1. The molecule has 0 saturated carbocycles. The molecule has 6 nitrogen and oxygen atoms in total. The molecule has 1 saturated heterocycles. The van der Waals surface area contributed by atoms with Crippen LogP contribution in [0.2, 0.25) is 0 Å². The third-order valence-electron chi connectivity index (χ3n) is 6.02. The van der Waals surface area contributed by atoms with E-state index in [1.807, 2.05) is 48.5 Å². The van der Waals surface area contributed by atoms with E-state index in [9.17, 15) is 9.59 Å². The van der Waals surface area contributed by atoms with Crippen molar-refractivity contribution >= 4 is 23.1 Å². The predicted octanol–water partition coefficient (Wildman–Crippen LogP) is 4.40. The van der Waals surface area contributed by atoms with Gasteiger partial charge in [0.05, 0.1) is 7.11 Å². The van der Waals surface area contributed by atoms with E-state index in [1.54, 1.807) is 25.3 Å². The van der Waals surface area contributed by atoms with Crippen molar-refractivity contribution in [1.82, 2.24) is 4.90 Å². The van der Waals surface area contributed by atoms with Crippen LogP contribution in [0.15, 0.2) is 78.9 Å². The van der Waals surface area contributed by atoms with E-state index in [0.717, 1.165) is 43.2 Å². The molecule has 0 bridgehead atoms. The molecule has 1 unspecified atom stereocenters. The number of amides is 1. The van der Waals surface area contributed by atoms with Gasteiger partial charge >= 0.3 is 0 Å². The van der Waals surface area contributed by atoms with Crippen LogP contribution in [0.25, 0.3) is 0 Å². The second kappa shape index (κ2) is 10.3. The first-order valence-electron chi connectivity index (χ1n) is 11.1. The van der Waals surface area contributed by atoms with Crippen LogP contribution in [0.3, 0.4) is 0 Å². The highest BCUT2D eigenvalue weighted by Crippen LogP contribution is 2.27. The molecule has 4 rings (SSSR count). The van der Waals surface area contributed by atoms with Crippen molar-refractivity contribution < 1.29 is 14.3 Å². The number of ether oxygens (including phenoxy) is 1. The minimum Gasteiger partial charge on any atom is -0.497 e. The minimum absolute atomic E-state index is 0.0274. The zero-order valence-electron chi connectivity index (χ0n) is 19.0. The summed E-state index contributed by atoms with van der Waals surface area (Å²) in [7, 11) is 1.67. The molecule has 1 aliphatic rings. The Morgan fingerprint density at radius 3 is 2.21 bits per heavy atom. The van der Waals surface area contributed by atoms with Gasteiger partial charge in [0.15, 0.2) is 5.78 Å². The lowest BCUT2D eigenvalue weighted by Gasteiger charge is -2.39. The van der Waals surface area contributed by atoms with Gasteiger partial charge in [-0.05, 0) is 48.9 Å². The number of piperazine rings is 1. The second-order valence-corrected chi connectivity index (χ2v) is 8.16. The maximum atomic E-state index is 13.5. The molecular formula is C27H29N3O3. The summed E-state index contributed by atoms with van der Waals surface area (Å²) >= 11 is 0. The van der Waals surface area contributed by atoms with E-state index in [4.69, 9.17) is 4.74 Å². The number of Topliss-reactive ketones (excluding diaryl/α,β-unsaturated/α-hetero) is 1. The molecule has 170 valence electrons. The molecule has 1 fully saturated rings. The van der Waals surface area contributed by atoms with Crippen molar-refractivity contribution in [1.29, 1.82) is 0 Å². The zero-order valence-corrected chi connectivity index (χ0v) is 19.0. The summed E-state index contributed by atoms with van der Waals surface area (Å²) in [6, 6.07) is 24.6. The Morgan fingerprint density at radius 2 is 1.58 bits per heavy atom. The van der Waals surface area contributed by atoms with Crippen molar-refractivity contribution in [2.45, 2.75) is 13.0 Å². The van der Waals surface area contributed by atoms with Crippen LogP contribution in [-0.4, -0.2) is 49.9 Å². The largest absolute Gasteiger partial charge is 0.497 e. The van der Waals surface area contributed by atoms with E-state index >= 15 is 0 Å². The number of nitrogens with zero attached hydrogens (tertiary/aromatic N) is 2. The van der Waals surface area contributed by atoms with E-state index in [1.165, 1.54) is 6.92 Å². The fraction of sp³-hybridized carbons (Fsp3) is 0.259. The van der Waals surface area contributed by atoms with E-state index in [-0.39, 0.29) is 11.7 Å². The van der Waals surface area contributed by atoms with Gasteiger partial charge in [-0.1, -0.05) is 42.5 Å². The zero-order chi connectivity index (χ0) is 23.2. The minimum atomic E-state index is -0.412. The standard InChI is InChI=1S/C27H29N3O3/c1-20(31)22-9-6-10-23(19-22)28-27(32)26(21-7-4-3-5-8-21)30-17-15-29(16-18-30)24-11-13-25(33-2)14-12-24/h3-14,19,26H,15-18H2,1-2H3,(H,28,32). The summed E-state index contributed by atoms with van der Waals surface area (Å²) in [5.41, 5.74) is 3.32. The Hall–Kier alpha value is -3.64. The molecule has 0 aliphatic carbocycles. The number of hydrogen-bond acceptors (Lipinski definition) is 5. The number of benzene rings is 3. The monoisotopic (exact) mass is 443 g/mol. The summed E-state index contributed by atoms with van der Waals surface area (Å²) < 4.78 is 5.26. The Bertz CT molecular complexity index is 1090. The SMILES string of the molecule is COc1ccc(N2CCN(C(C(=O)Nc3cccc(C(C)=O)c3)c3ccccc3)CC2)cc1. The molecule has 0 spiro atoms. The van der Waals surface area contributed by atoms with Gasteiger partial charge in [0, 0.05) is 43.1 Å². The molecule has 0 radical (unpaired) electrons. The van der Waals surface area contributed by atoms with Gasteiger partial charge in [-0.2, -0.15) is 0 Å². The lowest BCUT2D eigenvalue weighted by molar-refractivity contribution is -0.121. The summed E-state index contributed by atoms with van der Waals surface area (Å²) in [5.74, 6) is 0.715. The summed E-state index contributed by atoms with van der Waals surface area (Å²) in [4.78, 5) is 29.7. The maximum absolute atomic E-state index is 13.5. The van der Waals surface area contributed by atoms with E-state index < -0.39 is 6.04 Å². The fourth-order valence-electron chi connectivity index (χ4n) is 4.22. The molecule has 3 aromatic rings. The van der Waals surface area contributed by atoms with Gasteiger partial charge in [-0.15, -0.1) is 0 Å². The molecule has 1 atom stereocenters. The van der Waals surface area contributed by atoms with Gasteiger partial charge in [0.2, 0.25) is 5.91 Å². The quantitative estimate of drug-likeness (QED) is 0.549. The number of nitrogens with one attached hydrogen (secondary N) is 1. The molecule has 0 aromatic heterocycles. The van der Waals surface area contributed by atoms with Gasteiger partial charge in [-0.3, -0.25) is 14.5 Å². The highest BCUT2D eigenvalue weighted by molar-refractivity contribution is 5.98.